The van der Waals surface area contributed by atoms with Crippen LogP contribution in [-0.2, 0) is 16.4 Å². The molecule has 1 heterocycles. The molecule has 1 aliphatic carbocycles. The van der Waals surface area contributed by atoms with E-state index in [1.54, 1.807) is 6.07 Å². The normalized spacial score (nSPS) is 21.6. The highest BCUT2D eigenvalue weighted by atomic mass is 32.2. The van der Waals surface area contributed by atoms with Crippen molar-refractivity contribution >= 4 is 21.4 Å². The van der Waals surface area contributed by atoms with Gasteiger partial charge in [-0.05, 0) is 56.8 Å². The van der Waals surface area contributed by atoms with Crippen molar-refractivity contribution < 1.29 is 8.42 Å². The molecule has 2 unspecified atom stereocenters. The average Bonchev–Trinajstić information content (AvgIpc) is 2.98. The molecule has 0 radical (unpaired) electrons. The van der Waals surface area contributed by atoms with E-state index < -0.39 is 10.0 Å². The largest absolute Gasteiger partial charge is 0.316 e. The van der Waals surface area contributed by atoms with Crippen molar-refractivity contribution in [2.45, 2.75) is 56.2 Å². The SMILES string of the molecule is CCCNCCc1ccc(S(=O)(=O)NC2CC2CCC)s1. The number of nitrogens with one attached hydrogen (secondary N) is 2. The summed E-state index contributed by atoms with van der Waals surface area (Å²) in [6.45, 7) is 6.20. The van der Waals surface area contributed by atoms with E-state index in [-0.39, 0.29) is 6.04 Å². The van der Waals surface area contributed by atoms with Gasteiger partial charge in [0.25, 0.3) is 0 Å². The first-order chi connectivity index (χ1) is 10.1. The van der Waals surface area contributed by atoms with Crippen LogP contribution in [0.2, 0.25) is 0 Å². The third-order valence-corrected chi connectivity index (χ3v) is 6.89. The fraction of sp³-hybridized carbons (Fsp3) is 0.733. The van der Waals surface area contributed by atoms with Gasteiger partial charge in [0.05, 0.1) is 0 Å². The van der Waals surface area contributed by atoms with Gasteiger partial charge < -0.3 is 5.32 Å². The Balaban J connectivity index is 1.85. The lowest BCUT2D eigenvalue weighted by Gasteiger charge is -2.04. The van der Waals surface area contributed by atoms with Crippen LogP contribution in [0, 0.1) is 5.92 Å². The molecule has 21 heavy (non-hydrogen) atoms. The molecule has 6 heteroatoms. The summed E-state index contributed by atoms with van der Waals surface area (Å²) in [6.07, 6.45) is 5.24. The van der Waals surface area contributed by atoms with Crippen molar-refractivity contribution in [2.24, 2.45) is 5.92 Å². The highest BCUT2D eigenvalue weighted by Crippen LogP contribution is 2.36. The molecule has 2 rings (SSSR count). The van der Waals surface area contributed by atoms with Crippen LogP contribution < -0.4 is 10.0 Å². The summed E-state index contributed by atoms with van der Waals surface area (Å²) in [6, 6.07) is 3.83. The number of rotatable bonds is 10. The number of thiophene rings is 1. The number of sulfonamides is 1. The lowest BCUT2D eigenvalue weighted by atomic mass is 10.2. The Morgan fingerprint density at radius 2 is 2.05 bits per heavy atom. The van der Waals surface area contributed by atoms with E-state index >= 15 is 0 Å². The van der Waals surface area contributed by atoms with Crippen molar-refractivity contribution in [3.63, 3.8) is 0 Å². The van der Waals surface area contributed by atoms with E-state index in [1.807, 2.05) is 6.07 Å². The molecule has 0 aliphatic heterocycles. The van der Waals surface area contributed by atoms with Crippen LogP contribution >= 0.6 is 11.3 Å². The van der Waals surface area contributed by atoms with Crippen LogP contribution in [0.5, 0.6) is 0 Å². The minimum atomic E-state index is -3.31. The molecule has 2 N–H and O–H groups in total. The summed E-state index contributed by atoms with van der Waals surface area (Å²) >= 11 is 1.39. The molecular weight excluding hydrogens is 304 g/mol. The van der Waals surface area contributed by atoms with Gasteiger partial charge in [0.1, 0.15) is 4.21 Å². The van der Waals surface area contributed by atoms with Crippen molar-refractivity contribution in [1.29, 1.82) is 0 Å². The topological polar surface area (TPSA) is 58.2 Å². The van der Waals surface area contributed by atoms with Gasteiger partial charge in [0, 0.05) is 10.9 Å². The smallest absolute Gasteiger partial charge is 0.250 e. The lowest BCUT2D eigenvalue weighted by molar-refractivity contribution is 0.575. The van der Waals surface area contributed by atoms with E-state index in [2.05, 4.69) is 23.9 Å². The maximum absolute atomic E-state index is 12.3. The standard InChI is InChI=1S/C15H26N2O2S2/c1-3-5-12-11-14(12)17-21(18,19)15-7-6-13(20-15)8-10-16-9-4-2/h6-7,12,14,16-17H,3-5,8-11H2,1-2H3. The summed E-state index contributed by atoms with van der Waals surface area (Å²) in [5.41, 5.74) is 0. The zero-order chi connectivity index (χ0) is 15.3. The first-order valence-electron chi connectivity index (χ1n) is 7.88. The highest BCUT2D eigenvalue weighted by Gasteiger charge is 2.39. The third kappa shape index (κ3) is 5.06. The second kappa shape index (κ2) is 7.72. The quantitative estimate of drug-likeness (QED) is 0.649. The molecule has 4 nitrogen and oxygen atoms in total. The molecule has 0 bridgehead atoms. The molecule has 0 amide bonds. The van der Waals surface area contributed by atoms with Crippen LogP contribution in [0.4, 0.5) is 0 Å². The molecule has 1 aromatic rings. The molecule has 0 saturated heterocycles. The summed E-state index contributed by atoms with van der Waals surface area (Å²) in [5, 5.41) is 3.34. The molecule has 2 atom stereocenters. The maximum Gasteiger partial charge on any atom is 0.250 e. The summed E-state index contributed by atoms with van der Waals surface area (Å²) in [7, 11) is -3.31. The molecule has 1 saturated carbocycles. The molecule has 0 aromatic carbocycles. The van der Waals surface area contributed by atoms with Crippen molar-refractivity contribution in [1.82, 2.24) is 10.0 Å². The minimum Gasteiger partial charge on any atom is -0.316 e. The Morgan fingerprint density at radius 3 is 2.76 bits per heavy atom. The Morgan fingerprint density at radius 1 is 1.24 bits per heavy atom. The Kier molecular flexibility index (Phi) is 6.22. The van der Waals surface area contributed by atoms with Gasteiger partial charge in [-0.15, -0.1) is 11.3 Å². The molecule has 120 valence electrons. The second-order valence-corrected chi connectivity index (χ2v) is 8.84. The Hall–Kier alpha value is -0.430. The first kappa shape index (κ1) is 16.9. The van der Waals surface area contributed by atoms with E-state index in [4.69, 9.17) is 0 Å². The molecule has 1 fully saturated rings. The minimum absolute atomic E-state index is 0.159. The molecule has 1 aliphatic rings. The van der Waals surface area contributed by atoms with Crippen LogP contribution in [0.1, 0.15) is 44.4 Å². The summed E-state index contributed by atoms with van der Waals surface area (Å²) < 4.78 is 27.9. The van der Waals surface area contributed by atoms with Gasteiger partial charge in [-0.1, -0.05) is 20.3 Å². The number of hydrogen-bond donors (Lipinski definition) is 2. The van der Waals surface area contributed by atoms with Crippen LogP contribution in [0.3, 0.4) is 0 Å². The van der Waals surface area contributed by atoms with Crippen LogP contribution in [0.15, 0.2) is 16.3 Å². The predicted molar refractivity (Wildman–Crippen MR) is 88.3 cm³/mol. The first-order valence-corrected chi connectivity index (χ1v) is 10.2. The van der Waals surface area contributed by atoms with E-state index in [9.17, 15) is 8.42 Å². The zero-order valence-corrected chi connectivity index (χ0v) is 14.5. The van der Waals surface area contributed by atoms with E-state index in [0.29, 0.717) is 10.1 Å². The fourth-order valence-corrected chi connectivity index (χ4v) is 5.18. The molecule has 1 aromatic heterocycles. The van der Waals surface area contributed by atoms with Gasteiger partial charge in [-0.25, -0.2) is 13.1 Å². The number of hydrogen-bond acceptors (Lipinski definition) is 4. The van der Waals surface area contributed by atoms with Crippen molar-refractivity contribution in [3.8, 4) is 0 Å². The lowest BCUT2D eigenvalue weighted by Crippen LogP contribution is -2.26. The van der Waals surface area contributed by atoms with Gasteiger partial charge in [0.2, 0.25) is 10.0 Å². The van der Waals surface area contributed by atoms with Gasteiger partial charge >= 0.3 is 0 Å². The summed E-state index contributed by atoms with van der Waals surface area (Å²) in [5.74, 6) is 0.544. The van der Waals surface area contributed by atoms with E-state index in [0.717, 1.165) is 50.1 Å². The van der Waals surface area contributed by atoms with Gasteiger partial charge in [0.15, 0.2) is 0 Å². The average molecular weight is 331 g/mol. The van der Waals surface area contributed by atoms with Crippen molar-refractivity contribution in [2.75, 3.05) is 13.1 Å². The Bertz CT molecular complexity index is 540. The van der Waals surface area contributed by atoms with E-state index in [1.165, 1.54) is 11.3 Å². The summed E-state index contributed by atoms with van der Waals surface area (Å²) in [4.78, 5) is 1.12. The second-order valence-electron chi connectivity index (χ2n) is 5.73. The molecular formula is C15H26N2O2S2. The maximum atomic E-state index is 12.3. The fourth-order valence-electron chi connectivity index (χ4n) is 2.49. The van der Waals surface area contributed by atoms with Crippen LogP contribution in [-0.4, -0.2) is 27.5 Å². The van der Waals surface area contributed by atoms with Gasteiger partial charge in [-0.3, -0.25) is 0 Å². The van der Waals surface area contributed by atoms with Crippen LogP contribution in [0.25, 0.3) is 0 Å². The third-order valence-electron chi connectivity index (χ3n) is 3.77. The van der Waals surface area contributed by atoms with Gasteiger partial charge in [-0.2, -0.15) is 0 Å². The van der Waals surface area contributed by atoms with Crippen molar-refractivity contribution in [3.05, 3.63) is 17.0 Å². The predicted octanol–water partition coefficient (Wildman–Crippen LogP) is 2.76. The Labute approximate surface area is 132 Å². The monoisotopic (exact) mass is 330 g/mol. The zero-order valence-electron chi connectivity index (χ0n) is 12.9. The highest BCUT2D eigenvalue weighted by molar-refractivity contribution is 7.91. The molecule has 0 spiro atoms.